The van der Waals surface area contributed by atoms with Crippen LogP contribution in [0.4, 0.5) is 0 Å². The van der Waals surface area contributed by atoms with Crippen LogP contribution in [0.3, 0.4) is 0 Å². The van der Waals surface area contributed by atoms with Crippen LogP contribution in [0.1, 0.15) is 1.43 Å². The average Bonchev–Trinajstić information content (AvgIpc) is 1.41. The van der Waals surface area contributed by atoms with Gasteiger partial charge in [0.1, 0.15) is 0 Å². The van der Waals surface area contributed by atoms with Crippen LogP contribution in [0.25, 0.3) is 0 Å². The van der Waals surface area contributed by atoms with Gasteiger partial charge in [0.25, 0.3) is 0 Å². The molecule has 0 aliphatic rings. The van der Waals surface area contributed by atoms with E-state index in [0.717, 1.165) is 0 Å². The summed E-state index contributed by atoms with van der Waals surface area (Å²) in [5.41, 5.74) is 0. The zero-order valence-electron chi connectivity index (χ0n) is 5.09. The Morgan fingerprint density at radius 3 is 1.57 bits per heavy atom. The molecule has 0 bridgehead atoms. The molecule has 0 unspecified atom stereocenters. The molecule has 0 radical (unpaired) electrons. The van der Waals surface area contributed by atoms with Crippen molar-refractivity contribution in [3.8, 4) is 0 Å². The van der Waals surface area contributed by atoms with Crippen LogP contribution in [-0.2, 0) is 14.3 Å². The topological polar surface area (TPSA) is 78.4 Å². The van der Waals surface area contributed by atoms with Gasteiger partial charge in [-0.25, -0.2) is 0 Å². The van der Waals surface area contributed by atoms with Gasteiger partial charge in [-0.3, -0.25) is 9.59 Å². The van der Waals surface area contributed by atoms with Crippen LogP contribution in [0.15, 0.2) is 0 Å². The molecule has 0 aromatic carbocycles. The Balaban J connectivity index is -0.0000000267. The normalized spacial score (nSPS) is 4.00. The van der Waals surface area contributed by atoms with Gasteiger partial charge in [-0.15, -0.1) is 0 Å². The van der Waals surface area contributed by atoms with Crippen molar-refractivity contribution >= 4 is 12.9 Å². The van der Waals surface area contributed by atoms with Crippen LogP contribution < -0.4 is 35.7 Å². The summed E-state index contributed by atoms with van der Waals surface area (Å²) in [6.45, 7) is 0.125. The summed E-state index contributed by atoms with van der Waals surface area (Å²) in [5, 5.41) is 0. The summed E-state index contributed by atoms with van der Waals surface area (Å²) >= 11 is 0. The maximum Gasteiger partial charge on any atom is 1.00 e. The van der Waals surface area contributed by atoms with Gasteiger partial charge in [0, 0.05) is 0 Å². The SMILES string of the molecule is N.O=COC=O.[H-].[Na+]. The largest absolute Gasteiger partial charge is 1.00 e. The van der Waals surface area contributed by atoms with Crippen LogP contribution in [0.5, 0.6) is 0 Å². The van der Waals surface area contributed by atoms with Crippen molar-refractivity contribution in [3.05, 3.63) is 0 Å². The van der Waals surface area contributed by atoms with Crippen molar-refractivity contribution in [3.63, 3.8) is 0 Å². The summed E-state index contributed by atoms with van der Waals surface area (Å²) in [7, 11) is 0. The number of carbonyl (C=O) groups excluding carboxylic acids is 2. The predicted molar refractivity (Wildman–Crippen MR) is 19.3 cm³/mol. The Morgan fingerprint density at radius 1 is 1.29 bits per heavy atom. The molecule has 4 nitrogen and oxygen atoms in total. The van der Waals surface area contributed by atoms with Crippen LogP contribution in [0, 0.1) is 0 Å². The molecule has 0 atom stereocenters. The van der Waals surface area contributed by atoms with Gasteiger partial charge >= 0.3 is 42.5 Å². The molecule has 0 rings (SSSR count). The van der Waals surface area contributed by atoms with Gasteiger partial charge in [0.05, 0.1) is 0 Å². The van der Waals surface area contributed by atoms with Crippen molar-refractivity contribution in [1.82, 2.24) is 6.15 Å². The van der Waals surface area contributed by atoms with Gasteiger partial charge in [-0.1, -0.05) is 0 Å². The second-order valence-corrected chi connectivity index (χ2v) is 0.329. The standard InChI is InChI=1S/C2H2O3.H3N.Na.H/c3-1-5-2-4;;;/h1-2H;1H3;;/q;;+1;-1. The van der Waals surface area contributed by atoms with E-state index in [-0.39, 0.29) is 50.1 Å². The predicted octanol–water partition coefficient (Wildman–Crippen LogP) is -3.41. The number of hydrogen-bond acceptors (Lipinski definition) is 4. The maximum atomic E-state index is 8.95. The van der Waals surface area contributed by atoms with E-state index in [1.165, 1.54) is 0 Å². The van der Waals surface area contributed by atoms with Crippen molar-refractivity contribution in [2.24, 2.45) is 0 Å². The van der Waals surface area contributed by atoms with E-state index in [0.29, 0.717) is 0 Å². The molecule has 0 heterocycles. The first-order valence-electron chi connectivity index (χ1n) is 0.943. The minimum atomic E-state index is 0. The van der Waals surface area contributed by atoms with Crippen LogP contribution >= 0.6 is 0 Å². The van der Waals surface area contributed by atoms with Crippen molar-refractivity contribution in [2.75, 3.05) is 0 Å². The molecular formula is C2H6NNaO3. The minimum Gasteiger partial charge on any atom is -1.00 e. The van der Waals surface area contributed by atoms with E-state index in [1.807, 2.05) is 0 Å². The van der Waals surface area contributed by atoms with Gasteiger partial charge in [-0.2, -0.15) is 0 Å². The molecular weight excluding hydrogens is 109 g/mol. The number of rotatable bonds is 2. The van der Waals surface area contributed by atoms with E-state index < -0.39 is 0 Å². The Bertz CT molecular complexity index is 46.5. The van der Waals surface area contributed by atoms with Gasteiger partial charge in [0.2, 0.25) is 0 Å². The van der Waals surface area contributed by atoms with E-state index >= 15 is 0 Å². The second-order valence-electron chi connectivity index (χ2n) is 0.329. The third-order valence-electron chi connectivity index (χ3n) is 0.111. The smallest absolute Gasteiger partial charge is 1.00 e. The molecule has 38 valence electrons. The Morgan fingerprint density at radius 2 is 1.57 bits per heavy atom. The van der Waals surface area contributed by atoms with Crippen LogP contribution in [-0.4, -0.2) is 12.9 Å². The van der Waals surface area contributed by atoms with E-state index in [1.54, 1.807) is 0 Å². The quantitative estimate of drug-likeness (QED) is 0.231. The van der Waals surface area contributed by atoms with Gasteiger partial charge in [-0.05, 0) is 0 Å². The molecule has 0 aromatic heterocycles. The Labute approximate surface area is 64.6 Å². The number of carbonyl (C=O) groups is 2. The first-order valence-corrected chi connectivity index (χ1v) is 0.943. The Kier molecular flexibility index (Phi) is 37.1. The van der Waals surface area contributed by atoms with E-state index in [4.69, 9.17) is 9.59 Å². The first kappa shape index (κ1) is 15.7. The van der Waals surface area contributed by atoms with Crippen molar-refractivity contribution < 1.29 is 45.3 Å². The molecule has 7 heavy (non-hydrogen) atoms. The fraction of sp³-hybridized carbons (Fsp3) is 0. The Hall–Kier alpha value is 0.1000. The fourth-order valence-corrected chi connectivity index (χ4v) is 0.0227. The van der Waals surface area contributed by atoms with Gasteiger partial charge in [0.15, 0.2) is 0 Å². The monoisotopic (exact) mass is 115 g/mol. The molecule has 0 aliphatic heterocycles. The second kappa shape index (κ2) is 16.5. The summed E-state index contributed by atoms with van der Waals surface area (Å²) in [5.74, 6) is 0. The molecule has 0 saturated carbocycles. The van der Waals surface area contributed by atoms with E-state index in [9.17, 15) is 0 Å². The first-order chi connectivity index (χ1) is 2.41. The third-order valence-corrected chi connectivity index (χ3v) is 0.111. The molecule has 0 amide bonds. The summed E-state index contributed by atoms with van der Waals surface area (Å²) in [6.07, 6.45) is 0. The summed E-state index contributed by atoms with van der Waals surface area (Å²) in [4.78, 5) is 17.9. The van der Waals surface area contributed by atoms with E-state index in [2.05, 4.69) is 4.74 Å². The molecule has 0 aliphatic carbocycles. The molecule has 0 spiro atoms. The molecule has 3 N–H and O–H groups in total. The van der Waals surface area contributed by atoms with Crippen molar-refractivity contribution in [1.29, 1.82) is 0 Å². The van der Waals surface area contributed by atoms with Crippen molar-refractivity contribution in [2.45, 2.75) is 0 Å². The summed E-state index contributed by atoms with van der Waals surface area (Å²) in [6, 6.07) is 0. The molecule has 0 fully saturated rings. The zero-order valence-corrected chi connectivity index (χ0v) is 6.09. The molecule has 0 saturated heterocycles. The average molecular weight is 115 g/mol. The van der Waals surface area contributed by atoms with Crippen LogP contribution in [0.2, 0.25) is 0 Å². The maximum absolute atomic E-state index is 8.95. The molecule has 0 aromatic rings. The third kappa shape index (κ3) is 23.3. The number of ether oxygens (including phenoxy) is 1. The zero-order chi connectivity index (χ0) is 4.12. The summed E-state index contributed by atoms with van der Waals surface area (Å²) < 4.78 is 3.47. The fourth-order valence-electron chi connectivity index (χ4n) is 0.0227. The number of hydrogen-bond donors (Lipinski definition) is 1. The van der Waals surface area contributed by atoms with Gasteiger partial charge < -0.3 is 12.3 Å². The minimum absolute atomic E-state index is 0. The molecule has 5 heteroatoms.